The molecule has 1 spiro atoms. The minimum atomic E-state index is -1.14. The molecule has 3 aromatic rings. The molecule has 25 heavy (non-hydrogen) atoms. The van der Waals surface area contributed by atoms with Gasteiger partial charge in [-0.15, -0.1) is 0 Å². The van der Waals surface area contributed by atoms with Crippen molar-refractivity contribution in [3.63, 3.8) is 0 Å². The van der Waals surface area contributed by atoms with Gasteiger partial charge in [-0.25, -0.2) is 0 Å². The molecule has 1 heterocycles. The topological polar surface area (TPSA) is 32.8 Å². The zero-order valence-electron chi connectivity index (χ0n) is 13.9. The summed E-state index contributed by atoms with van der Waals surface area (Å²) in [5.41, 5.74) is 2.50. The molecular weight excluding hydrogens is 308 g/mol. The maximum absolute atomic E-state index is 12.1. The van der Waals surface area contributed by atoms with E-state index in [-0.39, 0.29) is 6.10 Å². The first-order valence-electron chi connectivity index (χ1n) is 8.85. The highest BCUT2D eigenvalue weighted by molar-refractivity contribution is 5.51. The van der Waals surface area contributed by atoms with Crippen molar-refractivity contribution in [3.05, 3.63) is 107 Å². The highest BCUT2D eigenvalue weighted by atomic mass is 16.6. The fraction of sp³-hybridized carbons (Fsp3) is 0.217. The average Bonchev–Trinajstić information content (AvgIpc) is 3.43. The Kier molecular flexibility index (Phi) is 3.15. The van der Waals surface area contributed by atoms with Gasteiger partial charge in [0.1, 0.15) is 17.3 Å². The number of epoxide rings is 1. The van der Waals surface area contributed by atoms with Gasteiger partial charge in [0.25, 0.3) is 0 Å². The van der Waals surface area contributed by atoms with Crippen molar-refractivity contribution < 1.29 is 9.84 Å². The van der Waals surface area contributed by atoms with E-state index in [9.17, 15) is 5.11 Å². The van der Waals surface area contributed by atoms with Crippen molar-refractivity contribution in [2.75, 3.05) is 0 Å². The molecule has 124 valence electrons. The van der Waals surface area contributed by atoms with E-state index >= 15 is 0 Å². The summed E-state index contributed by atoms with van der Waals surface area (Å²) in [4.78, 5) is 0. The van der Waals surface area contributed by atoms with Gasteiger partial charge in [0.05, 0.1) is 0 Å². The standard InChI is InChI=1S/C23H20O2/c24-23(19-12-5-2-6-13-19)20-14-8-7-9-17(20)15-16-22(23)21(25-22)18-10-3-1-4-11-18/h1-14,21,24H,15-16H2/t21-,22+,23-/m0/s1. The van der Waals surface area contributed by atoms with Crippen molar-refractivity contribution in [1.29, 1.82) is 0 Å². The number of aliphatic hydroxyl groups is 1. The van der Waals surface area contributed by atoms with E-state index in [4.69, 9.17) is 4.74 Å². The van der Waals surface area contributed by atoms with Crippen molar-refractivity contribution in [2.45, 2.75) is 30.1 Å². The van der Waals surface area contributed by atoms with Gasteiger partial charge >= 0.3 is 0 Å². The SMILES string of the molecule is O[C@@]1(c2ccccc2)c2ccccc2CC[C@]12O[C@H]2c1ccccc1. The third-order valence-corrected chi connectivity index (χ3v) is 5.77. The van der Waals surface area contributed by atoms with Gasteiger partial charge < -0.3 is 9.84 Å². The predicted octanol–water partition coefficient (Wildman–Crippen LogP) is 4.38. The lowest BCUT2D eigenvalue weighted by Gasteiger charge is -2.41. The largest absolute Gasteiger partial charge is 0.377 e. The Morgan fingerprint density at radius 1 is 0.800 bits per heavy atom. The highest BCUT2D eigenvalue weighted by Gasteiger charge is 2.71. The highest BCUT2D eigenvalue weighted by Crippen LogP contribution is 2.65. The second kappa shape index (κ2) is 5.29. The molecule has 2 heteroatoms. The Bertz CT molecular complexity index is 906. The van der Waals surface area contributed by atoms with Crippen molar-refractivity contribution >= 4 is 0 Å². The van der Waals surface area contributed by atoms with E-state index in [0.29, 0.717) is 0 Å². The van der Waals surface area contributed by atoms with E-state index in [1.165, 1.54) is 5.56 Å². The molecule has 2 nitrogen and oxygen atoms in total. The molecule has 0 amide bonds. The summed E-state index contributed by atoms with van der Waals surface area (Å²) in [7, 11) is 0. The third-order valence-electron chi connectivity index (χ3n) is 5.77. The van der Waals surface area contributed by atoms with Gasteiger partial charge in [-0.2, -0.15) is 0 Å². The number of rotatable bonds is 2. The summed E-state index contributed by atoms with van der Waals surface area (Å²) < 4.78 is 6.31. The van der Waals surface area contributed by atoms with E-state index in [0.717, 1.165) is 29.5 Å². The molecule has 1 aliphatic carbocycles. The minimum Gasteiger partial charge on any atom is -0.377 e. The Morgan fingerprint density at radius 3 is 2.20 bits per heavy atom. The van der Waals surface area contributed by atoms with Crippen LogP contribution in [-0.2, 0) is 16.8 Å². The summed E-state index contributed by atoms with van der Waals surface area (Å²) >= 11 is 0. The lowest BCUT2D eigenvalue weighted by molar-refractivity contribution is -0.0190. The zero-order valence-corrected chi connectivity index (χ0v) is 13.9. The quantitative estimate of drug-likeness (QED) is 0.708. The maximum atomic E-state index is 12.1. The second-order valence-electron chi connectivity index (χ2n) is 7.03. The number of ether oxygens (including phenoxy) is 1. The number of hydrogen-bond acceptors (Lipinski definition) is 2. The summed E-state index contributed by atoms with van der Waals surface area (Å²) in [6.45, 7) is 0. The minimum absolute atomic E-state index is 0.0766. The van der Waals surface area contributed by atoms with Crippen LogP contribution in [0.1, 0.15) is 34.8 Å². The summed E-state index contributed by atoms with van der Waals surface area (Å²) in [5, 5.41) is 12.1. The second-order valence-corrected chi connectivity index (χ2v) is 7.03. The zero-order chi connectivity index (χ0) is 16.9. The summed E-state index contributed by atoms with van der Waals surface area (Å²) in [6, 6.07) is 28.4. The maximum Gasteiger partial charge on any atom is 0.147 e. The molecule has 0 bridgehead atoms. The smallest absolute Gasteiger partial charge is 0.147 e. The van der Waals surface area contributed by atoms with E-state index < -0.39 is 11.2 Å². The van der Waals surface area contributed by atoms with Crippen LogP contribution in [0.5, 0.6) is 0 Å². The van der Waals surface area contributed by atoms with Gasteiger partial charge in [0.15, 0.2) is 0 Å². The van der Waals surface area contributed by atoms with Gasteiger partial charge in [-0.1, -0.05) is 84.9 Å². The Hall–Kier alpha value is -2.42. The van der Waals surface area contributed by atoms with Crippen LogP contribution in [0, 0.1) is 0 Å². The van der Waals surface area contributed by atoms with Gasteiger partial charge in [0, 0.05) is 0 Å². The number of hydrogen-bond donors (Lipinski definition) is 1. The molecular formula is C23H20O2. The summed E-state index contributed by atoms with van der Waals surface area (Å²) in [5.74, 6) is 0. The van der Waals surface area contributed by atoms with Crippen LogP contribution >= 0.6 is 0 Å². The van der Waals surface area contributed by atoms with Crippen molar-refractivity contribution in [3.8, 4) is 0 Å². The molecule has 1 N–H and O–H groups in total. The molecule has 5 rings (SSSR count). The normalized spacial score (nSPS) is 30.0. The fourth-order valence-electron chi connectivity index (χ4n) is 4.51. The van der Waals surface area contributed by atoms with Crippen LogP contribution in [-0.4, -0.2) is 10.7 Å². The van der Waals surface area contributed by atoms with E-state index in [2.05, 4.69) is 18.2 Å². The molecule has 2 aliphatic rings. The third kappa shape index (κ3) is 1.98. The monoisotopic (exact) mass is 328 g/mol. The lowest BCUT2D eigenvalue weighted by atomic mass is 9.66. The number of benzene rings is 3. The first-order chi connectivity index (χ1) is 12.3. The van der Waals surface area contributed by atoms with Crippen LogP contribution in [0.4, 0.5) is 0 Å². The Morgan fingerprint density at radius 2 is 1.44 bits per heavy atom. The molecule has 3 atom stereocenters. The first-order valence-corrected chi connectivity index (χ1v) is 8.85. The first kappa shape index (κ1) is 14.9. The van der Waals surface area contributed by atoms with Crippen molar-refractivity contribution in [1.82, 2.24) is 0 Å². The van der Waals surface area contributed by atoms with Crippen LogP contribution in [0.25, 0.3) is 0 Å². The molecule has 1 fully saturated rings. The summed E-state index contributed by atoms with van der Waals surface area (Å²) in [6.07, 6.45) is 1.66. The molecule has 0 radical (unpaired) electrons. The molecule has 0 unspecified atom stereocenters. The number of fused-ring (bicyclic) bond motifs is 1. The molecule has 0 aromatic heterocycles. The molecule has 1 saturated heterocycles. The van der Waals surface area contributed by atoms with E-state index in [1.807, 2.05) is 66.7 Å². The number of aryl methyl sites for hydroxylation is 1. The van der Waals surface area contributed by atoms with Crippen LogP contribution in [0.3, 0.4) is 0 Å². The lowest BCUT2D eigenvalue weighted by Crippen LogP contribution is -2.48. The predicted molar refractivity (Wildman–Crippen MR) is 97.2 cm³/mol. The molecule has 3 aromatic carbocycles. The van der Waals surface area contributed by atoms with Crippen LogP contribution in [0.2, 0.25) is 0 Å². The molecule has 1 aliphatic heterocycles. The Balaban J connectivity index is 1.70. The fourth-order valence-corrected chi connectivity index (χ4v) is 4.51. The van der Waals surface area contributed by atoms with Gasteiger partial charge in [-0.3, -0.25) is 0 Å². The average molecular weight is 328 g/mol. The van der Waals surface area contributed by atoms with Gasteiger partial charge in [0.2, 0.25) is 0 Å². The van der Waals surface area contributed by atoms with E-state index in [1.54, 1.807) is 0 Å². The van der Waals surface area contributed by atoms with Gasteiger partial charge in [-0.05, 0) is 35.1 Å². The molecule has 0 saturated carbocycles. The van der Waals surface area contributed by atoms with Crippen molar-refractivity contribution in [2.24, 2.45) is 0 Å². The van der Waals surface area contributed by atoms with Crippen LogP contribution < -0.4 is 0 Å². The van der Waals surface area contributed by atoms with Crippen LogP contribution in [0.15, 0.2) is 84.9 Å². The Labute approximate surface area is 147 Å².